The maximum Gasteiger partial charge on any atom is 0.416 e. The van der Waals surface area contributed by atoms with Crippen LogP contribution in [-0.4, -0.2) is 101 Å². The van der Waals surface area contributed by atoms with Gasteiger partial charge in [0, 0.05) is 22.9 Å². The zero-order valence-corrected chi connectivity index (χ0v) is 30.3. The van der Waals surface area contributed by atoms with Crippen LogP contribution in [0.4, 0.5) is 64.1 Å². The van der Waals surface area contributed by atoms with E-state index in [9.17, 15) is 62.3 Å². The third-order valence-corrected chi connectivity index (χ3v) is 8.15. The molecule has 0 saturated carbocycles. The van der Waals surface area contributed by atoms with Crippen LogP contribution in [-0.2, 0) is 62.7 Å². The van der Waals surface area contributed by atoms with Gasteiger partial charge in [0.05, 0.1) is 75.1 Å². The Labute approximate surface area is 321 Å². The number of carbonyl (C=O) groups excluding carboxylic acids is 2. The smallest absolute Gasteiger partial charge is 0.377 e. The van der Waals surface area contributed by atoms with Gasteiger partial charge in [0.1, 0.15) is 12.2 Å². The van der Waals surface area contributed by atoms with Crippen molar-refractivity contribution in [1.29, 1.82) is 0 Å². The Balaban J connectivity index is 1.73. The summed E-state index contributed by atoms with van der Waals surface area (Å²) in [5.74, 6) is -2.84. The first kappa shape index (κ1) is 47.4. The van der Waals surface area contributed by atoms with Gasteiger partial charge in [0.2, 0.25) is 0 Å². The molecule has 0 bridgehead atoms. The van der Waals surface area contributed by atoms with Gasteiger partial charge in [-0.05, 0) is 36.4 Å². The molecular formula is C32H34F12N2O8S2. The number of thiol groups is 2. The van der Waals surface area contributed by atoms with Crippen molar-refractivity contribution in [3.8, 4) is 0 Å². The Morgan fingerprint density at radius 2 is 0.750 bits per heavy atom. The molecule has 4 atom stereocenters. The predicted octanol–water partition coefficient (Wildman–Crippen LogP) is 6.79. The number of rotatable bonds is 6. The molecule has 2 amide bonds. The standard InChI is InChI=1S/C32H34F12N2O8S2/c33-29(34,35)17-9-18(30(36,37)38)12-21(11-17)45-27(47)25-23(15-55)51-5-1-49-3-7-53-26(24(16-56)52-6-2-50-4-8-54-25)28(48)46-22-13-19(31(39,40)41)10-20(14-22)32(42,43)44/h9-14,23-26,55-56H,1-8,15-16H2,(H,45,47)(H,46,48)/t23-,24-,25+,26+/m1/s1. The predicted molar refractivity (Wildman–Crippen MR) is 178 cm³/mol. The van der Waals surface area contributed by atoms with E-state index in [0.29, 0.717) is 24.3 Å². The molecule has 10 nitrogen and oxygen atoms in total. The molecule has 1 aliphatic heterocycles. The highest BCUT2D eigenvalue weighted by Crippen LogP contribution is 2.39. The van der Waals surface area contributed by atoms with E-state index in [1.54, 1.807) is 0 Å². The molecule has 1 saturated heterocycles. The van der Waals surface area contributed by atoms with E-state index >= 15 is 0 Å². The molecule has 0 aromatic heterocycles. The monoisotopic (exact) mass is 866 g/mol. The van der Waals surface area contributed by atoms with Gasteiger partial charge in [-0.25, -0.2) is 0 Å². The van der Waals surface area contributed by atoms with Crippen molar-refractivity contribution in [3.05, 3.63) is 58.7 Å². The van der Waals surface area contributed by atoms with E-state index in [2.05, 4.69) is 25.3 Å². The fourth-order valence-electron chi connectivity index (χ4n) is 4.85. The molecule has 0 radical (unpaired) electrons. The fraction of sp³-hybridized carbons (Fsp3) is 0.562. The van der Waals surface area contributed by atoms with E-state index in [1.165, 1.54) is 0 Å². The number of ether oxygens (including phenoxy) is 6. The van der Waals surface area contributed by atoms with Crippen LogP contribution in [0.1, 0.15) is 22.3 Å². The zero-order chi connectivity index (χ0) is 41.9. The van der Waals surface area contributed by atoms with Crippen molar-refractivity contribution < 1.29 is 90.7 Å². The maximum atomic E-state index is 13.4. The molecule has 1 aliphatic rings. The molecule has 2 aromatic rings. The molecule has 0 aliphatic carbocycles. The van der Waals surface area contributed by atoms with E-state index < -0.39 is 94.6 Å². The minimum absolute atomic E-state index is 0.113. The van der Waals surface area contributed by atoms with E-state index in [1.807, 2.05) is 10.6 Å². The summed E-state index contributed by atoms with van der Waals surface area (Å²) in [4.78, 5) is 26.4. The van der Waals surface area contributed by atoms with Crippen molar-refractivity contribution in [2.75, 3.05) is 75.0 Å². The van der Waals surface area contributed by atoms with Crippen LogP contribution in [0.5, 0.6) is 0 Å². The third-order valence-electron chi connectivity index (χ3n) is 7.43. The molecule has 24 heteroatoms. The van der Waals surface area contributed by atoms with E-state index in [0.717, 1.165) is 0 Å². The second-order valence-corrected chi connectivity index (χ2v) is 12.3. The summed E-state index contributed by atoms with van der Waals surface area (Å²) >= 11 is 8.23. The number of nitrogens with one attached hydrogen (secondary N) is 2. The summed E-state index contributed by atoms with van der Waals surface area (Å²) in [6.45, 7) is -2.39. The maximum absolute atomic E-state index is 13.4. The molecule has 1 heterocycles. The third kappa shape index (κ3) is 14.7. The van der Waals surface area contributed by atoms with Gasteiger partial charge in [-0.15, -0.1) is 0 Å². The fourth-order valence-corrected chi connectivity index (χ4v) is 5.44. The van der Waals surface area contributed by atoms with Crippen molar-refractivity contribution in [2.45, 2.75) is 49.1 Å². The average Bonchev–Trinajstić information content (AvgIpc) is 3.09. The molecule has 3 rings (SSSR count). The molecule has 0 spiro atoms. The molecule has 1 fully saturated rings. The Kier molecular flexibility index (Phi) is 17.4. The van der Waals surface area contributed by atoms with Gasteiger partial charge in [-0.3, -0.25) is 9.59 Å². The van der Waals surface area contributed by atoms with Crippen LogP contribution in [0.25, 0.3) is 0 Å². The number of anilines is 2. The summed E-state index contributed by atoms with van der Waals surface area (Å²) in [5.41, 5.74) is -8.35. The molecule has 2 aromatic carbocycles. The zero-order valence-electron chi connectivity index (χ0n) is 28.5. The summed E-state index contributed by atoms with van der Waals surface area (Å²) in [6, 6.07) is 1.02. The SMILES string of the molecule is O=C(Nc1cc(C(F)(F)F)cc(C(F)(F)F)c1)[C@H]1OCCOCCO[C@H](CS)[C@@H](C(=O)Nc2cc(C(F)(F)F)cc(C(F)(F)F)c2)OCCOCCO[C@@H]1CS. The Bertz CT molecular complexity index is 1420. The summed E-state index contributed by atoms with van der Waals surface area (Å²) < 4.78 is 194. The number of carbonyl (C=O) groups is 2. The minimum Gasteiger partial charge on any atom is -0.377 e. The Hall–Kier alpha value is -3.00. The largest absolute Gasteiger partial charge is 0.416 e. The average molecular weight is 867 g/mol. The van der Waals surface area contributed by atoms with Crippen molar-refractivity contribution >= 4 is 48.4 Å². The van der Waals surface area contributed by atoms with Crippen LogP contribution in [0.15, 0.2) is 36.4 Å². The van der Waals surface area contributed by atoms with Crippen LogP contribution in [0.3, 0.4) is 0 Å². The number of hydrogen-bond donors (Lipinski definition) is 4. The number of benzene rings is 2. The summed E-state index contributed by atoms with van der Waals surface area (Å²) in [5, 5.41) is 4.00. The first-order chi connectivity index (χ1) is 26.0. The Morgan fingerprint density at radius 1 is 0.482 bits per heavy atom. The number of halogens is 12. The molecular weight excluding hydrogens is 832 g/mol. The lowest BCUT2D eigenvalue weighted by molar-refractivity contribution is -0.146. The van der Waals surface area contributed by atoms with E-state index in [4.69, 9.17) is 28.4 Å². The first-order valence-electron chi connectivity index (χ1n) is 16.1. The van der Waals surface area contributed by atoms with Crippen molar-refractivity contribution in [2.24, 2.45) is 0 Å². The second kappa shape index (κ2) is 20.6. The highest BCUT2D eigenvalue weighted by atomic mass is 32.1. The highest BCUT2D eigenvalue weighted by molar-refractivity contribution is 7.80. The first-order valence-corrected chi connectivity index (χ1v) is 17.4. The van der Waals surface area contributed by atoms with Gasteiger partial charge in [-0.2, -0.15) is 77.9 Å². The van der Waals surface area contributed by atoms with Gasteiger partial charge >= 0.3 is 24.7 Å². The van der Waals surface area contributed by atoms with Crippen LogP contribution >= 0.6 is 25.3 Å². The van der Waals surface area contributed by atoms with Crippen LogP contribution in [0, 0.1) is 0 Å². The summed E-state index contributed by atoms with van der Waals surface area (Å²) in [7, 11) is 0. The highest BCUT2D eigenvalue weighted by Gasteiger charge is 2.39. The number of amides is 2. The molecule has 316 valence electrons. The van der Waals surface area contributed by atoms with Crippen molar-refractivity contribution in [1.82, 2.24) is 0 Å². The lowest BCUT2D eigenvalue weighted by Crippen LogP contribution is -2.44. The Morgan fingerprint density at radius 3 is 1.00 bits per heavy atom. The summed E-state index contributed by atoms with van der Waals surface area (Å²) in [6.07, 6.45) is -26.5. The van der Waals surface area contributed by atoms with Crippen molar-refractivity contribution in [3.63, 3.8) is 0 Å². The van der Waals surface area contributed by atoms with Gasteiger partial charge in [0.15, 0.2) is 12.2 Å². The lowest BCUT2D eigenvalue weighted by atomic mass is 10.1. The second-order valence-electron chi connectivity index (χ2n) is 11.6. The minimum atomic E-state index is -5.18. The number of hydrogen-bond acceptors (Lipinski definition) is 10. The molecule has 0 unspecified atom stereocenters. The molecule has 2 N–H and O–H groups in total. The normalized spacial score (nSPS) is 22.1. The van der Waals surface area contributed by atoms with Crippen LogP contribution < -0.4 is 10.6 Å². The molecule has 56 heavy (non-hydrogen) atoms. The van der Waals surface area contributed by atoms with Gasteiger partial charge in [-0.1, -0.05) is 0 Å². The number of alkyl halides is 12. The topological polar surface area (TPSA) is 114 Å². The quantitative estimate of drug-likeness (QED) is 0.186. The van der Waals surface area contributed by atoms with E-state index in [-0.39, 0.29) is 76.5 Å². The van der Waals surface area contributed by atoms with Gasteiger partial charge < -0.3 is 39.1 Å². The van der Waals surface area contributed by atoms with Crippen LogP contribution in [0.2, 0.25) is 0 Å². The lowest BCUT2D eigenvalue weighted by Gasteiger charge is -2.27. The van der Waals surface area contributed by atoms with Gasteiger partial charge in [0.25, 0.3) is 11.8 Å².